The Labute approximate surface area is 161 Å². The summed E-state index contributed by atoms with van der Waals surface area (Å²) in [5.41, 5.74) is 1.49. The molecule has 1 fully saturated rings. The lowest BCUT2D eigenvalue weighted by atomic mass is 10.0. The van der Waals surface area contributed by atoms with Crippen molar-refractivity contribution in [3.05, 3.63) is 36.5 Å². The number of aromatic nitrogens is 4. The van der Waals surface area contributed by atoms with Crippen LogP contribution in [0.25, 0.3) is 22.4 Å². The number of piperidine rings is 1. The number of rotatable bonds is 4. The van der Waals surface area contributed by atoms with Gasteiger partial charge in [0.25, 0.3) is 0 Å². The second kappa shape index (κ2) is 7.79. The van der Waals surface area contributed by atoms with Crippen LogP contribution >= 0.6 is 0 Å². The van der Waals surface area contributed by atoms with E-state index >= 15 is 0 Å². The second-order valence-electron chi connectivity index (χ2n) is 6.77. The Morgan fingerprint density at radius 3 is 3.14 bits per heavy atom. The van der Waals surface area contributed by atoms with Gasteiger partial charge in [0, 0.05) is 43.5 Å². The lowest BCUT2D eigenvalue weighted by Gasteiger charge is -2.35. The molecule has 0 bridgehead atoms. The summed E-state index contributed by atoms with van der Waals surface area (Å²) in [4.78, 5) is 29.7. The van der Waals surface area contributed by atoms with Crippen molar-refractivity contribution in [3.63, 3.8) is 0 Å². The van der Waals surface area contributed by atoms with Crippen LogP contribution in [0, 0.1) is 5.82 Å². The van der Waals surface area contributed by atoms with Crippen molar-refractivity contribution in [1.82, 2.24) is 30.2 Å². The first-order valence-electron chi connectivity index (χ1n) is 9.34. The van der Waals surface area contributed by atoms with Gasteiger partial charge in [0.1, 0.15) is 5.65 Å². The van der Waals surface area contributed by atoms with E-state index in [2.05, 4.69) is 30.6 Å². The molecule has 1 atom stereocenters. The number of likely N-dealkylation sites (tertiary alicyclic amines) is 1. The van der Waals surface area contributed by atoms with E-state index in [1.54, 1.807) is 24.3 Å². The molecule has 28 heavy (non-hydrogen) atoms. The third-order valence-electron chi connectivity index (χ3n) is 5.04. The fourth-order valence-electron chi connectivity index (χ4n) is 3.60. The van der Waals surface area contributed by atoms with E-state index in [0.717, 1.165) is 42.1 Å². The van der Waals surface area contributed by atoms with E-state index < -0.39 is 5.82 Å². The molecule has 9 heteroatoms. The molecule has 3 aromatic rings. The minimum atomic E-state index is -0.524. The smallest absolute Gasteiger partial charge is 0.317 e. The van der Waals surface area contributed by atoms with Crippen molar-refractivity contribution in [3.8, 4) is 11.4 Å². The summed E-state index contributed by atoms with van der Waals surface area (Å²) in [6.07, 6.45) is 7.52. The molecule has 1 aliphatic rings. The summed E-state index contributed by atoms with van der Waals surface area (Å²) in [7, 11) is 1.62. The van der Waals surface area contributed by atoms with Crippen LogP contribution in [0.1, 0.15) is 19.3 Å². The molecule has 0 spiro atoms. The fraction of sp³-hybridized carbons (Fsp3) is 0.368. The van der Waals surface area contributed by atoms with Gasteiger partial charge >= 0.3 is 6.03 Å². The van der Waals surface area contributed by atoms with E-state index in [9.17, 15) is 9.18 Å². The van der Waals surface area contributed by atoms with Crippen molar-refractivity contribution in [2.45, 2.75) is 25.3 Å². The third-order valence-corrected chi connectivity index (χ3v) is 5.04. The molecule has 146 valence electrons. The molecule has 3 N–H and O–H groups in total. The van der Waals surface area contributed by atoms with E-state index in [0.29, 0.717) is 18.9 Å². The SMILES string of the molecule is CNC(=O)N1CCCC[C@@H]1CNc1nc(-c2c[nH]c3ncccc23)ncc1F. The monoisotopic (exact) mass is 383 g/mol. The Bertz CT molecular complexity index is 989. The van der Waals surface area contributed by atoms with Crippen LogP contribution in [-0.4, -0.2) is 57.0 Å². The zero-order chi connectivity index (χ0) is 19.5. The Morgan fingerprint density at radius 1 is 1.39 bits per heavy atom. The van der Waals surface area contributed by atoms with Crippen LogP contribution in [0.4, 0.5) is 15.0 Å². The molecule has 0 aliphatic carbocycles. The number of anilines is 1. The Morgan fingerprint density at radius 2 is 2.29 bits per heavy atom. The fourth-order valence-corrected chi connectivity index (χ4v) is 3.60. The zero-order valence-corrected chi connectivity index (χ0v) is 15.6. The average molecular weight is 383 g/mol. The maximum atomic E-state index is 14.3. The highest BCUT2D eigenvalue weighted by molar-refractivity contribution is 5.91. The quantitative estimate of drug-likeness (QED) is 0.643. The van der Waals surface area contributed by atoms with Crippen molar-refractivity contribution < 1.29 is 9.18 Å². The highest BCUT2D eigenvalue weighted by Crippen LogP contribution is 2.26. The van der Waals surface area contributed by atoms with Crippen LogP contribution in [0.15, 0.2) is 30.7 Å². The first-order valence-corrected chi connectivity index (χ1v) is 9.34. The summed E-state index contributed by atoms with van der Waals surface area (Å²) < 4.78 is 14.3. The number of carbonyl (C=O) groups excluding carboxylic acids is 1. The highest BCUT2D eigenvalue weighted by atomic mass is 19.1. The van der Waals surface area contributed by atoms with Crippen molar-refractivity contribution in [2.75, 3.05) is 25.5 Å². The minimum absolute atomic E-state index is 0.0104. The predicted molar refractivity (Wildman–Crippen MR) is 104 cm³/mol. The van der Waals surface area contributed by atoms with Crippen molar-refractivity contribution in [2.24, 2.45) is 0 Å². The summed E-state index contributed by atoms with van der Waals surface area (Å²) in [5.74, 6) is 0.0182. The van der Waals surface area contributed by atoms with E-state index in [1.807, 2.05) is 12.1 Å². The maximum absolute atomic E-state index is 14.3. The normalized spacial score (nSPS) is 16.9. The molecular weight excluding hydrogens is 361 g/mol. The lowest BCUT2D eigenvalue weighted by molar-refractivity contribution is 0.157. The molecule has 4 rings (SSSR count). The molecular formula is C19H22FN7O. The van der Waals surface area contributed by atoms with Crippen LogP contribution in [0.3, 0.4) is 0 Å². The number of hydrogen-bond acceptors (Lipinski definition) is 5. The molecule has 8 nitrogen and oxygen atoms in total. The van der Waals surface area contributed by atoms with Crippen LogP contribution in [0.2, 0.25) is 0 Å². The Kier molecular flexibility index (Phi) is 5.05. The van der Waals surface area contributed by atoms with Gasteiger partial charge in [-0.25, -0.2) is 24.1 Å². The molecule has 2 amide bonds. The van der Waals surface area contributed by atoms with Gasteiger partial charge in [-0.2, -0.15) is 0 Å². The summed E-state index contributed by atoms with van der Waals surface area (Å²) in [6, 6.07) is 3.63. The second-order valence-corrected chi connectivity index (χ2v) is 6.77. The number of nitrogens with zero attached hydrogens (tertiary/aromatic N) is 4. The van der Waals surface area contributed by atoms with E-state index in [-0.39, 0.29) is 17.9 Å². The number of nitrogens with one attached hydrogen (secondary N) is 3. The van der Waals surface area contributed by atoms with Gasteiger partial charge in [0.2, 0.25) is 0 Å². The Hall–Kier alpha value is -3.23. The molecule has 0 radical (unpaired) electrons. The topological polar surface area (TPSA) is 98.8 Å². The number of carbonyl (C=O) groups is 1. The van der Waals surface area contributed by atoms with Crippen LogP contribution in [0.5, 0.6) is 0 Å². The first kappa shape index (κ1) is 18.1. The molecule has 1 aliphatic heterocycles. The number of hydrogen-bond donors (Lipinski definition) is 3. The minimum Gasteiger partial charge on any atom is -0.365 e. The molecule has 3 aromatic heterocycles. The first-order chi connectivity index (χ1) is 13.7. The molecule has 4 heterocycles. The van der Waals surface area contributed by atoms with Crippen LogP contribution < -0.4 is 10.6 Å². The zero-order valence-electron chi connectivity index (χ0n) is 15.6. The number of halogens is 1. The third kappa shape index (κ3) is 3.47. The number of urea groups is 1. The van der Waals surface area contributed by atoms with E-state index in [1.165, 1.54) is 0 Å². The van der Waals surface area contributed by atoms with Gasteiger partial charge in [0.15, 0.2) is 17.5 Å². The average Bonchev–Trinajstić information content (AvgIpc) is 3.17. The van der Waals surface area contributed by atoms with Gasteiger partial charge in [0.05, 0.1) is 12.2 Å². The maximum Gasteiger partial charge on any atom is 0.317 e. The number of amides is 2. The van der Waals surface area contributed by atoms with Gasteiger partial charge in [-0.1, -0.05) is 0 Å². The van der Waals surface area contributed by atoms with Gasteiger partial charge in [-0.05, 0) is 31.4 Å². The summed E-state index contributed by atoms with van der Waals surface area (Å²) in [5, 5.41) is 6.61. The van der Waals surface area contributed by atoms with E-state index in [4.69, 9.17) is 0 Å². The van der Waals surface area contributed by atoms with Gasteiger partial charge < -0.3 is 20.5 Å². The van der Waals surface area contributed by atoms with Crippen molar-refractivity contribution in [1.29, 1.82) is 0 Å². The summed E-state index contributed by atoms with van der Waals surface area (Å²) in [6.45, 7) is 1.13. The molecule has 0 saturated carbocycles. The molecule has 0 unspecified atom stereocenters. The number of H-pyrrole nitrogens is 1. The molecule has 1 saturated heterocycles. The Balaban J connectivity index is 1.55. The molecule has 0 aromatic carbocycles. The highest BCUT2D eigenvalue weighted by Gasteiger charge is 2.26. The van der Waals surface area contributed by atoms with Gasteiger partial charge in [-0.15, -0.1) is 0 Å². The van der Waals surface area contributed by atoms with Crippen LogP contribution in [-0.2, 0) is 0 Å². The van der Waals surface area contributed by atoms with Crippen molar-refractivity contribution >= 4 is 22.9 Å². The number of aromatic amines is 1. The predicted octanol–water partition coefficient (Wildman–Crippen LogP) is 2.76. The standard InChI is InChI=1S/C19H22FN7O/c1-21-19(28)27-8-3-2-5-12(27)9-23-18-15(20)11-25-17(26-18)14-10-24-16-13(14)6-4-7-22-16/h4,6-7,10-12H,2-3,5,8-9H2,1H3,(H,21,28)(H,22,24)(H,23,25,26)/t12-/m1/s1. The van der Waals surface area contributed by atoms with Gasteiger partial charge in [-0.3, -0.25) is 0 Å². The lowest BCUT2D eigenvalue weighted by Crippen LogP contribution is -2.50. The largest absolute Gasteiger partial charge is 0.365 e. The number of fused-ring (bicyclic) bond motifs is 1. The summed E-state index contributed by atoms with van der Waals surface area (Å²) >= 11 is 0. The number of pyridine rings is 1.